The SMILES string of the molecule is CCCc1ccc(C2CCC(/C=C/C3CCC(/C(F)=C/C(F)(F)F)CC3)CC2)cc1. The molecule has 2 fully saturated rings. The summed E-state index contributed by atoms with van der Waals surface area (Å²) >= 11 is 0. The number of hydrogen-bond acceptors (Lipinski definition) is 0. The minimum atomic E-state index is -4.56. The van der Waals surface area contributed by atoms with Crippen molar-refractivity contribution < 1.29 is 17.6 Å². The molecular weight excluding hydrogens is 388 g/mol. The van der Waals surface area contributed by atoms with E-state index in [0.29, 0.717) is 30.6 Å². The van der Waals surface area contributed by atoms with E-state index in [4.69, 9.17) is 0 Å². The Hall–Kier alpha value is -1.58. The molecular formula is C26H34F4. The zero-order valence-electron chi connectivity index (χ0n) is 17.9. The maximum atomic E-state index is 13.7. The van der Waals surface area contributed by atoms with E-state index in [9.17, 15) is 17.6 Å². The van der Waals surface area contributed by atoms with Crippen LogP contribution in [0.15, 0.2) is 48.3 Å². The zero-order valence-corrected chi connectivity index (χ0v) is 17.9. The van der Waals surface area contributed by atoms with Gasteiger partial charge in [0.05, 0.1) is 6.08 Å². The molecule has 0 heterocycles. The van der Waals surface area contributed by atoms with Crippen molar-refractivity contribution in [1.29, 1.82) is 0 Å². The number of halogens is 4. The maximum Gasteiger partial charge on any atom is 0.412 e. The summed E-state index contributed by atoms with van der Waals surface area (Å²) in [6, 6.07) is 9.15. The molecule has 0 nitrogen and oxygen atoms in total. The normalized spacial score (nSPS) is 28.8. The lowest BCUT2D eigenvalue weighted by molar-refractivity contribution is -0.0820. The highest BCUT2D eigenvalue weighted by molar-refractivity contribution is 5.26. The molecule has 3 rings (SSSR count). The van der Waals surface area contributed by atoms with Crippen LogP contribution in [0.1, 0.15) is 81.8 Å². The van der Waals surface area contributed by atoms with E-state index in [-0.39, 0.29) is 6.08 Å². The summed E-state index contributed by atoms with van der Waals surface area (Å²) in [6.07, 6.45) is 9.56. The molecule has 1 aromatic rings. The van der Waals surface area contributed by atoms with E-state index in [1.165, 1.54) is 43.2 Å². The third-order valence-electron chi connectivity index (χ3n) is 6.88. The first-order valence-corrected chi connectivity index (χ1v) is 11.6. The van der Waals surface area contributed by atoms with Gasteiger partial charge in [-0.2, -0.15) is 13.2 Å². The molecule has 0 saturated heterocycles. The quantitative estimate of drug-likeness (QED) is 0.318. The Bertz CT molecular complexity index is 698. The fraction of sp³-hybridized carbons (Fsp3) is 0.615. The summed E-state index contributed by atoms with van der Waals surface area (Å²) in [5.74, 6) is 0.0783. The standard InChI is InChI=1S/C26H34F4/c1-2-3-19-6-12-22(13-7-19)23-14-8-20(9-15-23)4-5-21-10-16-24(17-11-21)25(27)18-26(28,29)30/h4-7,12-13,18,20-21,23-24H,2-3,8-11,14-17H2,1H3/b5-4+,25-18-. The van der Waals surface area contributed by atoms with Crippen LogP contribution in [0.25, 0.3) is 0 Å². The average molecular weight is 423 g/mol. The molecule has 2 aliphatic carbocycles. The van der Waals surface area contributed by atoms with Gasteiger partial charge in [-0.3, -0.25) is 0 Å². The molecule has 0 spiro atoms. The van der Waals surface area contributed by atoms with Gasteiger partial charge >= 0.3 is 6.18 Å². The van der Waals surface area contributed by atoms with Gasteiger partial charge < -0.3 is 0 Å². The Labute approximate surface area is 178 Å². The van der Waals surface area contributed by atoms with Crippen LogP contribution in [-0.2, 0) is 6.42 Å². The fourth-order valence-electron chi connectivity index (χ4n) is 5.07. The second-order valence-corrected chi connectivity index (χ2v) is 9.17. The van der Waals surface area contributed by atoms with Gasteiger partial charge in [0.1, 0.15) is 5.83 Å². The average Bonchev–Trinajstić information content (AvgIpc) is 2.73. The number of rotatable bonds is 6. The third-order valence-corrected chi connectivity index (χ3v) is 6.88. The summed E-state index contributed by atoms with van der Waals surface area (Å²) in [4.78, 5) is 0. The van der Waals surface area contributed by atoms with Gasteiger partial charge in [0.25, 0.3) is 0 Å². The Balaban J connectivity index is 1.42. The number of hydrogen-bond donors (Lipinski definition) is 0. The second kappa shape index (κ2) is 10.6. The van der Waals surface area contributed by atoms with Crippen LogP contribution in [0.5, 0.6) is 0 Å². The van der Waals surface area contributed by atoms with Crippen molar-refractivity contribution in [3.05, 3.63) is 59.4 Å². The smallest absolute Gasteiger partial charge is 0.212 e. The lowest BCUT2D eigenvalue weighted by atomic mass is 9.77. The second-order valence-electron chi connectivity index (χ2n) is 9.17. The Morgan fingerprint density at radius 3 is 1.90 bits per heavy atom. The van der Waals surface area contributed by atoms with Gasteiger partial charge in [-0.15, -0.1) is 0 Å². The van der Waals surface area contributed by atoms with Gasteiger partial charge in [-0.05, 0) is 86.7 Å². The summed E-state index contributed by atoms with van der Waals surface area (Å²) in [7, 11) is 0. The molecule has 0 amide bonds. The number of alkyl halides is 3. The van der Waals surface area contributed by atoms with E-state index in [2.05, 4.69) is 43.3 Å². The maximum absolute atomic E-state index is 13.7. The lowest BCUT2D eigenvalue weighted by Crippen LogP contribution is -2.16. The van der Waals surface area contributed by atoms with Crippen molar-refractivity contribution in [3.63, 3.8) is 0 Å². The predicted octanol–water partition coefficient (Wildman–Crippen LogP) is 8.69. The molecule has 0 bridgehead atoms. The van der Waals surface area contributed by atoms with E-state index >= 15 is 0 Å². The molecule has 0 atom stereocenters. The van der Waals surface area contributed by atoms with Crippen molar-refractivity contribution in [2.75, 3.05) is 0 Å². The largest absolute Gasteiger partial charge is 0.412 e. The molecule has 0 aliphatic heterocycles. The zero-order chi connectivity index (χ0) is 21.6. The fourth-order valence-corrected chi connectivity index (χ4v) is 5.07. The Morgan fingerprint density at radius 2 is 1.40 bits per heavy atom. The topological polar surface area (TPSA) is 0 Å². The monoisotopic (exact) mass is 422 g/mol. The van der Waals surface area contributed by atoms with Crippen LogP contribution in [0.3, 0.4) is 0 Å². The molecule has 4 heteroatoms. The molecule has 166 valence electrons. The van der Waals surface area contributed by atoms with Crippen LogP contribution >= 0.6 is 0 Å². The van der Waals surface area contributed by atoms with Crippen LogP contribution in [0.2, 0.25) is 0 Å². The predicted molar refractivity (Wildman–Crippen MR) is 115 cm³/mol. The number of allylic oxidation sites excluding steroid dienone is 4. The lowest BCUT2D eigenvalue weighted by Gasteiger charge is -2.29. The minimum Gasteiger partial charge on any atom is -0.212 e. The van der Waals surface area contributed by atoms with E-state index in [1.54, 1.807) is 0 Å². The van der Waals surface area contributed by atoms with Gasteiger partial charge in [-0.25, -0.2) is 4.39 Å². The summed E-state index contributed by atoms with van der Waals surface area (Å²) in [5, 5.41) is 0. The summed E-state index contributed by atoms with van der Waals surface area (Å²) < 4.78 is 50.7. The van der Waals surface area contributed by atoms with Crippen molar-refractivity contribution in [2.45, 2.75) is 83.2 Å². The van der Waals surface area contributed by atoms with E-state index < -0.39 is 17.9 Å². The van der Waals surface area contributed by atoms with Crippen LogP contribution in [0, 0.1) is 17.8 Å². The first-order chi connectivity index (χ1) is 14.3. The molecule has 2 saturated carbocycles. The highest BCUT2D eigenvalue weighted by Crippen LogP contribution is 2.39. The number of aryl methyl sites for hydroxylation is 1. The van der Waals surface area contributed by atoms with Crippen LogP contribution in [-0.4, -0.2) is 6.18 Å². The van der Waals surface area contributed by atoms with Crippen LogP contribution < -0.4 is 0 Å². The van der Waals surface area contributed by atoms with Gasteiger partial charge in [0.15, 0.2) is 0 Å². The first kappa shape index (κ1) is 23.1. The van der Waals surface area contributed by atoms with Crippen molar-refractivity contribution in [1.82, 2.24) is 0 Å². The summed E-state index contributed by atoms with van der Waals surface area (Å²) in [6.45, 7) is 2.21. The molecule has 0 aromatic heterocycles. The number of benzene rings is 1. The molecule has 1 aromatic carbocycles. The first-order valence-electron chi connectivity index (χ1n) is 11.6. The molecule has 30 heavy (non-hydrogen) atoms. The van der Waals surface area contributed by atoms with Gasteiger partial charge in [-0.1, -0.05) is 49.8 Å². The summed E-state index contributed by atoms with van der Waals surface area (Å²) in [5.41, 5.74) is 2.88. The van der Waals surface area contributed by atoms with Gasteiger partial charge in [0.2, 0.25) is 0 Å². The van der Waals surface area contributed by atoms with Crippen molar-refractivity contribution >= 4 is 0 Å². The van der Waals surface area contributed by atoms with E-state index in [0.717, 1.165) is 19.3 Å². The van der Waals surface area contributed by atoms with Crippen LogP contribution in [0.4, 0.5) is 17.6 Å². The third kappa shape index (κ3) is 6.99. The Morgan fingerprint density at radius 1 is 0.867 bits per heavy atom. The molecule has 2 aliphatic rings. The van der Waals surface area contributed by atoms with Crippen molar-refractivity contribution in [3.8, 4) is 0 Å². The molecule has 0 radical (unpaired) electrons. The molecule has 0 unspecified atom stereocenters. The molecule has 0 N–H and O–H groups in total. The van der Waals surface area contributed by atoms with E-state index in [1.807, 2.05) is 0 Å². The highest BCUT2D eigenvalue weighted by atomic mass is 19.4. The highest BCUT2D eigenvalue weighted by Gasteiger charge is 2.30. The Kier molecular flexibility index (Phi) is 8.19. The van der Waals surface area contributed by atoms with Crippen molar-refractivity contribution in [2.24, 2.45) is 17.8 Å². The minimum absolute atomic E-state index is 0.163. The van der Waals surface area contributed by atoms with Gasteiger partial charge in [0, 0.05) is 5.92 Å².